The number of benzene rings is 3. The quantitative estimate of drug-likeness (QED) is 0.505. The Morgan fingerprint density at radius 1 is 0.781 bits per heavy atom. The summed E-state index contributed by atoms with van der Waals surface area (Å²) in [5.74, 6) is -2.55. The maximum atomic E-state index is 13.7. The number of nitrogens with zero attached hydrogens (tertiary/aromatic N) is 2. The second kappa shape index (κ2) is 8.55. The fraction of sp³-hybridized carbons (Fsp3) is 0.217. The van der Waals surface area contributed by atoms with E-state index in [0.717, 1.165) is 33.8 Å². The van der Waals surface area contributed by atoms with Crippen LogP contribution in [0.2, 0.25) is 0 Å². The van der Waals surface area contributed by atoms with Gasteiger partial charge in [0, 0.05) is 19.2 Å². The second-order valence-corrected chi connectivity index (χ2v) is 9.66. The molecule has 9 heteroatoms. The molecule has 3 aromatic rings. The summed E-state index contributed by atoms with van der Waals surface area (Å²) in [4.78, 5) is 1.94. The first-order valence-corrected chi connectivity index (χ1v) is 11.7. The van der Waals surface area contributed by atoms with Gasteiger partial charge in [-0.05, 0) is 47.5 Å². The number of anilines is 1. The number of rotatable bonds is 6. The Morgan fingerprint density at radius 2 is 1.22 bits per heavy atom. The van der Waals surface area contributed by atoms with Crippen LogP contribution in [0.25, 0.3) is 0 Å². The zero-order valence-corrected chi connectivity index (χ0v) is 17.9. The molecule has 0 saturated carbocycles. The van der Waals surface area contributed by atoms with E-state index < -0.39 is 39.3 Å². The van der Waals surface area contributed by atoms with E-state index in [9.17, 15) is 26.0 Å². The molecule has 0 spiro atoms. The first kappa shape index (κ1) is 22.3. The Kier molecular flexibility index (Phi) is 5.96. The van der Waals surface area contributed by atoms with Gasteiger partial charge in [-0.15, -0.1) is 0 Å². The predicted molar refractivity (Wildman–Crippen MR) is 114 cm³/mol. The number of halogens is 4. The van der Waals surface area contributed by atoms with Crippen molar-refractivity contribution >= 4 is 15.7 Å². The molecule has 0 N–H and O–H groups in total. The largest absolute Gasteiger partial charge is 0.288 e. The van der Waals surface area contributed by atoms with Crippen LogP contribution in [0.4, 0.5) is 23.2 Å². The van der Waals surface area contributed by atoms with E-state index in [1.165, 1.54) is 24.3 Å². The van der Waals surface area contributed by atoms with Crippen LogP contribution in [0, 0.1) is 23.3 Å². The van der Waals surface area contributed by atoms with Crippen LogP contribution in [0.5, 0.6) is 0 Å². The molecule has 3 aromatic carbocycles. The Morgan fingerprint density at radius 3 is 1.62 bits per heavy atom. The van der Waals surface area contributed by atoms with Crippen molar-refractivity contribution in [2.24, 2.45) is 0 Å². The van der Waals surface area contributed by atoms with Gasteiger partial charge in [-0.3, -0.25) is 9.21 Å². The summed E-state index contributed by atoms with van der Waals surface area (Å²) < 4.78 is 80.3. The minimum absolute atomic E-state index is 0.0882. The van der Waals surface area contributed by atoms with Gasteiger partial charge >= 0.3 is 0 Å². The predicted octanol–water partition coefficient (Wildman–Crippen LogP) is 4.48. The molecule has 32 heavy (non-hydrogen) atoms. The minimum atomic E-state index is -3.83. The van der Waals surface area contributed by atoms with Crippen LogP contribution in [-0.2, 0) is 10.0 Å². The van der Waals surface area contributed by atoms with Crippen LogP contribution < -0.4 is 4.31 Å². The number of likely N-dealkylation sites (tertiary alicyclic amines) is 1. The van der Waals surface area contributed by atoms with Gasteiger partial charge in [0.1, 0.15) is 23.3 Å². The zero-order chi connectivity index (χ0) is 23.0. The summed E-state index contributed by atoms with van der Waals surface area (Å²) in [6, 6.07) is 13.4. The van der Waals surface area contributed by atoms with Gasteiger partial charge < -0.3 is 0 Å². The molecule has 0 bridgehead atoms. The normalized spacial score (nSPS) is 15.1. The molecule has 0 atom stereocenters. The molecular formula is C23H20F4N2O2S. The van der Waals surface area contributed by atoms with Crippen LogP contribution in [0.3, 0.4) is 0 Å². The highest BCUT2D eigenvalue weighted by Crippen LogP contribution is 2.36. The molecule has 0 radical (unpaired) electrons. The Hall–Kier alpha value is -2.91. The molecular weight excluding hydrogens is 444 g/mol. The summed E-state index contributed by atoms with van der Waals surface area (Å²) in [5.41, 5.74) is 1.41. The summed E-state index contributed by atoms with van der Waals surface area (Å²) in [6.45, 7) is 0.509. The lowest BCUT2D eigenvalue weighted by molar-refractivity contribution is 0.116. The SMILES string of the molecule is CS(=O)(=O)N(c1cc(F)cc(F)c1)C1CN(C(c2ccc(F)cc2)c2ccc(F)cc2)C1. The van der Waals surface area contributed by atoms with Crippen molar-refractivity contribution in [3.8, 4) is 0 Å². The average molecular weight is 464 g/mol. The van der Waals surface area contributed by atoms with Gasteiger partial charge in [-0.1, -0.05) is 24.3 Å². The van der Waals surface area contributed by atoms with Crippen LogP contribution >= 0.6 is 0 Å². The first-order valence-electron chi connectivity index (χ1n) is 9.82. The number of hydrogen-bond donors (Lipinski definition) is 0. The van der Waals surface area contributed by atoms with E-state index in [1.807, 2.05) is 4.90 Å². The summed E-state index contributed by atoms with van der Waals surface area (Å²) in [6.07, 6.45) is 0.982. The van der Waals surface area contributed by atoms with Crippen molar-refractivity contribution in [1.29, 1.82) is 0 Å². The highest BCUT2D eigenvalue weighted by Gasteiger charge is 2.41. The van der Waals surface area contributed by atoms with Gasteiger partial charge in [0.05, 0.1) is 24.0 Å². The topological polar surface area (TPSA) is 40.6 Å². The van der Waals surface area contributed by atoms with Gasteiger partial charge in [0.15, 0.2) is 0 Å². The summed E-state index contributed by atoms with van der Waals surface area (Å²) in [7, 11) is -3.83. The van der Waals surface area contributed by atoms with Gasteiger partial charge in [0.25, 0.3) is 0 Å². The molecule has 1 aliphatic heterocycles. The van der Waals surface area contributed by atoms with E-state index in [-0.39, 0.29) is 24.8 Å². The van der Waals surface area contributed by atoms with E-state index >= 15 is 0 Å². The van der Waals surface area contributed by atoms with Crippen molar-refractivity contribution in [2.75, 3.05) is 23.7 Å². The molecule has 0 amide bonds. The molecule has 1 heterocycles. The minimum Gasteiger partial charge on any atom is -0.288 e. The third kappa shape index (κ3) is 4.63. The van der Waals surface area contributed by atoms with Crippen molar-refractivity contribution < 1.29 is 26.0 Å². The van der Waals surface area contributed by atoms with Gasteiger partial charge in [-0.2, -0.15) is 0 Å². The Labute approximate surface area is 183 Å². The van der Waals surface area contributed by atoms with Gasteiger partial charge in [-0.25, -0.2) is 26.0 Å². The molecule has 168 valence electrons. The average Bonchev–Trinajstić information content (AvgIpc) is 2.67. The molecule has 0 aliphatic carbocycles. The van der Waals surface area contributed by atoms with Gasteiger partial charge in [0.2, 0.25) is 10.0 Å². The summed E-state index contributed by atoms with van der Waals surface area (Å²) >= 11 is 0. The zero-order valence-electron chi connectivity index (χ0n) is 17.1. The maximum Gasteiger partial charge on any atom is 0.232 e. The highest BCUT2D eigenvalue weighted by atomic mass is 32.2. The van der Waals surface area contributed by atoms with Crippen molar-refractivity contribution in [3.05, 3.63) is 101 Å². The lowest BCUT2D eigenvalue weighted by Crippen LogP contribution is -2.61. The third-order valence-corrected chi connectivity index (χ3v) is 6.64. The molecule has 0 aromatic heterocycles. The molecule has 1 aliphatic rings. The molecule has 0 unspecified atom stereocenters. The Bertz CT molecular complexity index is 1150. The van der Waals surface area contributed by atoms with Crippen molar-refractivity contribution in [1.82, 2.24) is 4.90 Å². The number of sulfonamides is 1. The van der Waals surface area contributed by atoms with E-state index in [1.54, 1.807) is 24.3 Å². The van der Waals surface area contributed by atoms with Crippen LogP contribution in [0.15, 0.2) is 66.7 Å². The lowest BCUT2D eigenvalue weighted by atomic mass is 9.93. The molecule has 4 rings (SSSR count). The van der Waals surface area contributed by atoms with E-state index in [4.69, 9.17) is 0 Å². The maximum absolute atomic E-state index is 13.7. The molecule has 1 fully saturated rings. The van der Waals surface area contributed by atoms with E-state index in [0.29, 0.717) is 6.07 Å². The Balaban J connectivity index is 1.64. The van der Waals surface area contributed by atoms with E-state index in [2.05, 4.69) is 0 Å². The van der Waals surface area contributed by atoms with Crippen LogP contribution in [-0.4, -0.2) is 38.7 Å². The number of hydrogen-bond acceptors (Lipinski definition) is 3. The fourth-order valence-corrected chi connectivity index (χ4v) is 5.25. The monoisotopic (exact) mass is 464 g/mol. The van der Waals surface area contributed by atoms with Crippen molar-refractivity contribution in [3.63, 3.8) is 0 Å². The smallest absolute Gasteiger partial charge is 0.232 e. The third-order valence-electron chi connectivity index (χ3n) is 5.42. The highest BCUT2D eigenvalue weighted by molar-refractivity contribution is 7.92. The fourth-order valence-electron chi connectivity index (χ4n) is 4.09. The summed E-state index contributed by atoms with van der Waals surface area (Å²) in [5, 5.41) is 0. The molecule has 4 nitrogen and oxygen atoms in total. The van der Waals surface area contributed by atoms with Crippen molar-refractivity contribution in [2.45, 2.75) is 12.1 Å². The lowest BCUT2D eigenvalue weighted by Gasteiger charge is -2.48. The first-order chi connectivity index (χ1) is 15.1. The van der Waals surface area contributed by atoms with Crippen LogP contribution in [0.1, 0.15) is 17.2 Å². The molecule has 1 saturated heterocycles. The standard InChI is InChI=1S/C23H20F4N2O2S/c1-32(30,31)29(21-11-19(26)10-20(27)12-21)22-13-28(14-22)23(15-2-6-17(24)7-3-15)16-4-8-18(25)9-5-16/h2-12,22-23H,13-14H2,1H3. The second-order valence-electron chi connectivity index (χ2n) is 7.80.